The van der Waals surface area contributed by atoms with Crippen LogP contribution in [0.3, 0.4) is 0 Å². The average molecular weight is 230 g/mol. The van der Waals surface area contributed by atoms with Crippen molar-refractivity contribution < 1.29 is 13.2 Å². The third kappa shape index (κ3) is 1.70. The van der Waals surface area contributed by atoms with Crippen molar-refractivity contribution in [1.82, 2.24) is 5.32 Å². The Morgan fingerprint density at radius 1 is 1.31 bits per heavy atom. The van der Waals surface area contributed by atoms with Crippen molar-refractivity contribution in [2.75, 3.05) is 13.1 Å². The number of nitrogens with two attached hydrogens (primary N) is 1. The van der Waals surface area contributed by atoms with Crippen LogP contribution in [0.25, 0.3) is 0 Å². The topological polar surface area (TPSA) is 38.0 Å². The Bertz CT molecular complexity index is 378. The lowest BCUT2D eigenvalue weighted by Crippen LogP contribution is -2.59. The van der Waals surface area contributed by atoms with Crippen LogP contribution in [0.1, 0.15) is 17.5 Å². The molecule has 2 rings (SSSR count). The molecule has 0 saturated carbocycles. The summed E-state index contributed by atoms with van der Waals surface area (Å²) in [6.45, 7) is 0.892. The number of benzene rings is 1. The lowest BCUT2D eigenvalue weighted by Gasteiger charge is -2.44. The van der Waals surface area contributed by atoms with E-state index in [0.717, 1.165) is 6.07 Å². The van der Waals surface area contributed by atoms with Gasteiger partial charge in [0.25, 0.3) is 0 Å². The molecule has 2 nitrogen and oxygen atoms in total. The Balaban J connectivity index is 2.48. The monoisotopic (exact) mass is 230 g/mol. The van der Waals surface area contributed by atoms with Crippen molar-refractivity contribution in [2.45, 2.75) is 18.1 Å². The molecule has 1 atom stereocenters. The molecule has 0 bridgehead atoms. The first-order valence-electron chi connectivity index (χ1n) is 5.11. The summed E-state index contributed by atoms with van der Waals surface area (Å²) >= 11 is 0. The van der Waals surface area contributed by atoms with E-state index in [0.29, 0.717) is 13.0 Å². The second-order valence-electron chi connectivity index (χ2n) is 4.01. The van der Waals surface area contributed by atoms with Crippen molar-refractivity contribution in [3.05, 3.63) is 35.4 Å². The minimum Gasteiger partial charge on any atom is -0.328 e. The van der Waals surface area contributed by atoms with Crippen LogP contribution in [0.5, 0.6) is 0 Å². The number of halogens is 3. The fourth-order valence-corrected chi connectivity index (χ4v) is 2.09. The van der Waals surface area contributed by atoms with Crippen molar-refractivity contribution in [3.63, 3.8) is 0 Å². The molecule has 88 valence electrons. The van der Waals surface area contributed by atoms with Gasteiger partial charge in [0, 0.05) is 6.54 Å². The second-order valence-corrected chi connectivity index (χ2v) is 4.01. The van der Waals surface area contributed by atoms with Gasteiger partial charge >= 0.3 is 6.18 Å². The summed E-state index contributed by atoms with van der Waals surface area (Å²) in [5, 5.41) is 3.01. The predicted octanol–water partition coefficient (Wildman–Crippen LogP) is 1.85. The Morgan fingerprint density at radius 2 is 1.94 bits per heavy atom. The third-order valence-electron chi connectivity index (χ3n) is 3.11. The quantitative estimate of drug-likeness (QED) is 0.813. The van der Waals surface area contributed by atoms with E-state index in [1.54, 1.807) is 6.07 Å². The zero-order valence-corrected chi connectivity index (χ0v) is 8.64. The van der Waals surface area contributed by atoms with E-state index >= 15 is 0 Å². The minimum atomic E-state index is -4.32. The molecule has 0 aromatic heterocycles. The fraction of sp³-hybridized carbons (Fsp3) is 0.455. The van der Waals surface area contributed by atoms with Crippen molar-refractivity contribution in [2.24, 2.45) is 5.73 Å². The summed E-state index contributed by atoms with van der Waals surface area (Å²) in [6.07, 6.45) is -3.67. The largest absolute Gasteiger partial charge is 0.416 e. The zero-order chi connectivity index (χ0) is 11.8. The SMILES string of the molecule is NCC1(c2ccccc2C(F)(F)F)CCN1. The minimum absolute atomic E-state index is 0.181. The molecule has 0 amide bonds. The van der Waals surface area contributed by atoms with E-state index in [4.69, 9.17) is 5.73 Å². The highest BCUT2D eigenvalue weighted by Gasteiger charge is 2.43. The number of nitrogens with one attached hydrogen (secondary N) is 1. The maximum atomic E-state index is 12.8. The molecule has 0 radical (unpaired) electrons. The van der Waals surface area contributed by atoms with E-state index in [1.807, 2.05) is 0 Å². The molecule has 1 fully saturated rings. The maximum absolute atomic E-state index is 12.8. The Morgan fingerprint density at radius 3 is 2.38 bits per heavy atom. The van der Waals surface area contributed by atoms with E-state index in [2.05, 4.69) is 5.32 Å². The van der Waals surface area contributed by atoms with Gasteiger partial charge in [-0.25, -0.2) is 0 Å². The first-order chi connectivity index (χ1) is 7.49. The van der Waals surface area contributed by atoms with E-state index < -0.39 is 17.3 Å². The van der Waals surface area contributed by atoms with Crippen molar-refractivity contribution in [3.8, 4) is 0 Å². The van der Waals surface area contributed by atoms with Gasteiger partial charge in [0.05, 0.1) is 11.1 Å². The summed E-state index contributed by atoms with van der Waals surface area (Å²) in [5.41, 5.74) is 4.57. The molecule has 1 aromatic carbocycles. The molecule has 3 N–H and O–H groups in total. The van der Waals surface area contributed by atoms with Gasteiger partial charge in [0.2, 0.25) is 0 Å². The van der Waals surface area contributed by atoms with Crippen LogP contribution in [-0.2, 0) is 11.7 Å². The van der Waals surface area contributed by atoms with Gasteiger partial charge in [-0.1, -0.05) is 18.2 Å². The predicted molar refractivity (Wildman–Crippen MR) is 54.8 cm³/mol. The molecule has 1 aromatic rings. The van der Waals surface area contributed by atoms with Crippen LogP contribution in [0.15, 0.2) is 24.3 Å². The second kappa shape index (κ2) is 3.75. The van der Waals surface area contributed by atoms with Gasteiger partial charge < -0.3 is 11.1 Å². The van der Waals surface area contributed by atoms with Crippen LogP contribution >= 0.6 is 0 Å². The normalized spacial score (nSPS) is 25.2. The highest BCUT2D eigenvalue weighted by molar-refractivity contribution is 5.37. The molecule has 1 heterocycles. The van der Waals surface area contributed by atoms with E-state index in [-0.39, 0.29) is 12.1 Å². The molecule has 5 heteroatoms. The summed E-state index contributed by atoms with van der Waals surface area (Å²) in [7, 11) is 0. The zero-order valence-electron chi connectivity index (χ0n) is 8.64. The molecule has 0 aliphatic carbocycles. The molecule has 1 saturated heterocycles. The van der Waals surface area contributed by atoms with Crippen LogP contribution in [0, 0.1) is 0 Å². The van der Waals surface area contributed by atoms with Crippen LogP contribution in [-0.4, -0.2) is 13.1 Å². The Labute approximate surface area is 91.6 Å². The molecule has 16 heavy (non-hydrogen) atoms. The summed E-state index contributed by atoms with van der Waals surface area (Å²) in [4.78, 5) is 0. The van der Waals surface area contributed by atoms with Crippen LogP contribution in [0.2, 0.25) is 0 Å². The Kier molecular flexibility index (Phi) is 2.67. The number of hydrogen-bond acceptors (Lipinski definition) is 2. The standard InChI is InChI=1S/C11H13F3N2/c12-11(13,14)9-4-2-1-3-8(9)10(7-15)5-6-16-10/h1-4,16H,5-7,15H2. The molecule has 1 aliphatic heterocycles. The summed E-state index contributed by atoms with van der Waals surface area (Å²) in [5.74, 6) is 0. The first kappa shape index (κ1) is 11.4. The lowest BCUT2D eigenvalue weighted by atomic mass is 9.78. The van der Waals surface area contributed by atoms with Gasteiger partial charge in [-0.2, -0.15) is 13.2 Å². The lowest BCUT2D eigenvalue weighted by molar-refractivity contribution is -0.139. The number of alkyl halides is 3. The summed E-state index contributed by atoms with van der Waals surface area (Å²) in [6, 6.07) is 5.62. The molecular formula is C11H13F3N2. The molecular weight excluding hydrogens is 217 g/mol. The third-order valence-corrected chi connectivity index (χ3v) is 3.11. The van der Waals surface area contributed by atoms with Crippen molar-refractivity contribution in [1.29, 1.82) is 0 Å². The van der Waals surface area contributed by atoms with Gasteiger partial charge in [-0.05, 0) is 24.6 Å². The molecule has 1 aliphatic rings. The first-order valence-corrected chi connectivity index (χ1v) is 5.11. The average Bonchev–Trinajstić information content (AvgIpc) is 2.16. The van der Waals surface area contributed by atoms with Crippen molar-refractivity contribution >= 4 is 0 Å². The number of hydrogen-bond donors (Lipinski definition) is 2. The smallest absolute Gasteiger partial charge is 0.328 e. The van der Waals surface area contributed by atoms with Gasteiger partial charge in [0.1, 0.15) is 0 Å². The van der Waals surface area contributed by atoms with Gasteiger partial charge in [0.15, 0.2) is 0 Å². The highest BCUT2D eigenvalue weighted by Crippen LogP contribution is 2.39. The van der Waals surface area contributed by atoms with Gasteiger partial charge in [-0.3, -0.25) is 0 Å². The number of rotatable bonds is 2. The highest BCUT2D eigenvalue weighted by atomic mass is 19.4. The molecule has 0 spiro atoms. The van der Waals surface area contributed by atoms with E-state index in [1.165, 1.54) is 12.1 Å². The fourth-order valence-electron chi connectivity index (χ4n) is 2.09. The van der Waals surface area contributed by atoms with Crippen LogP contribution in [0.4, 0.5) is 13.2 Å². The van der Waals surface area contributed by atoms with Crippen LogP contribution < -0.4 is 11.1 Å². The Hall–Kier alpha value is -1.07. The maximum Gasteiger partial charge on any atom is 0.416 e. The van der Waals surface area contributed by atoms with Gasteiger partial charge in [-0.15, -0.1) is 0 Å². The summed E-state index contributed by atoms with van der Waals surface area (Å²) < 4.78 is 38.4. The van der Waals surface area contributed by atoms with E-state index in [9.17, 15) is 13.2 Å². The molecule has 1 unspecified atom stereocenters.